The molecule has 128 valence electrons. The van der Waals surface area contributed by atoms with Crippen molar-refractivity contribution in [3.8, 4) is 0 Å². The van der Waals surface area contributed by atoms with Crippen molar-refractivity contribution in [1.29, 1.82) is 0 Å². The molecule has 1 unspecified atom stereocenters. The van der Waals surface area contributed by atoms with Gasteiger partial charge in [0.25, 0.3) is 5.91 Å². The molecular weight excluding hydrogens is 300 g/mol. The Morgan fingerprint density at radius 1 is 1.33 bits per heavy atom. The van der Waals surface area contributed by atoms with Gasteiger partial charge in [0.2, 0.25) is 0 Å². The zero-order valence-electron chi connectivity index (χ0n) is 14.7. The van der Waals surface area contributed by atoms with Crippen molar-refractivity contribution in [3.05, 3.63) is 53.1 Å². The topological polar surface area (TPSA) is 50.2 Å². The van der Waals surface area contributed by atoms with E-state index in [2.05, 4.69) is 34.3 Å². The van der Waals surface area contributed by atoms with Crippen LogP contribution in [0.15, 0.2) is 30.6 Å². The molecule has 0 aromatic carbocycles. The molecular formula is C19H26N4O. The first-order valence-electron chi connectivity index (χ1n) is 8.63. The molecule has 5 heteroatoms. The number of hydrogen-bond donors (Lipinski definition) is 1. The van der Waals surface area contributed by atoms with E-state index in [-0.39, 0.29) is 5.91 Å². The van der Waals surface area contributed by atoms with Crippen LogP contribution in [0.2, 0.25) is 0 Å². The number of amides is 1. The summed E-state index contributed by atoms with van der Waals surface area (Å²) >= 11 is 0. The van der Waals surface area contributed by atoms with Gasteiger partial charge < -0.3 is 9.88 Å². The van der Waals surface area contributed by atoms with E-state index in [4.69, 9.17) is 0 Å². The molecule has 2 aromatic heterocycles. The fourth-order valence-corrected chi connectivity index (χ4v) is 3.61. The SMILES string of the molecule is CNC(=O)c1ccc(C2CCCCN2Cc2cnccc2C)n1C. The van der Waals surface area contributed by atoms with Crippen LogP contribution < -0.4 is 5.32 Å². The zero-order chi connectivity index (χ0) is 17.1. The summed E-state index contributed by atoms with van der Waals surface area (Å²) in [5.41, 5.74) is 4.50. The molecule has 1 atom stereocenters. The van der Waals surface area contributed by atoms with E-state index in [0.29, 0.717) is 6.04 Å². The number of hydrogen-bond acceptors (Lipinski definition) is 3. The number of carbonyl (C=O) groups is 1. The molecule has 5 nitrogen and oxygen atoms in total. The molecule has 2 aromatic rings. The lowest BCUT2D eigenvalue weighted by molar-refractivity contribution is 0.0952. The monoisotopic (exact) mass is 326 g/mol. The second-order valence-electron chi connectivity index (χ2n) is 6.57. The summed E-state index contributed by atoms with van der Waals surface area (Å²) in [6.07, 6.45) is 7.40. The van der Waals surface area contributed by atoms with Crippen LogP contribution >= 0.6 is 0 Å². The molecule has 1 amide bonds. The van der Waals surface area contributed by atoms with E-state index in [1.54, 1.807) is 7.05 Å². The molecule has 3 rings (SSSR count). The third-order valence-corrected chi connectivity index (χ3v) is 5.10. The van der Waals surface area contributed by atoms with E-state index < -0.39 is 0 Å². The van der Waals surface area contributed by atoms with Crippen LogP contribution in [-0.4, -0.2) is 34.0 Å². The summed E-state index contributed by atoms with van der Waals surface area (Å²) in [4.78, 5) is 18.8. The van der Waals surface area contributed by atoms with Crippen molar-refractivity contribution in [1.82, 2.24) is 19.8 Å². The summed E-state index contributed by atoms with van der Waals surface area (Å²) in [6, 6.07) is 6.45. The van der Waals surface area contributed by atoms with E-state index in [1.807, 2.05) is 30.1 Å². The van der Waals surface area contributed by atoms with Gasteiger partial charge in [-0.3, -0.25) is 14.7 Å². The predicted molar refractivity (Wildman–Crippen MR) is 94.8 cm³/mol. The third kappa shape index (κ3) is 3.22. The second kappa shape index (κ2) is 7.18. The molecule has 3 heterocycles. The number of nitrogens with zero attached hydrogens (tertiary/aromatic N) is 3. The molecule has 1 N–H and O–H groups in total. The Labute approximate surface area is 143 Å². The molecule has 1 aliphatic rings. The Balaban J connectivity index is 1.86. The van der Waals surface area contributed by atoms with Crippen molar-refractivity contribution >= 4 is 5.91 Å². The van der Waals surface area contributed by atoms with Crippen molar-refractivity contribution in [2.45, 2.75) is 38.8 Å². The number of aryl methyl sites for hydroxylation is 1. The van der Waals surface area contributed by atoms with Crippen LogP contribution in [-0.2, 0) is 13.6 Å². The highest BCUT2D eigenvalue weighted by Gasteiger charge is 2.27. The molecule has 0 saturated carbocycles. The quantitative estimate of drug-likeness (QED) is 0.940. The van der Waals surface area contributed by atoms with E-state index >= 15 is 0 Å². The van der Waals surface area contributed by atoms with Gasteiger partial charge in [0.05, 0.1) is 6.04 Å². The molecule has 0 aliphatic carbocycles. The summed E-state index contributed by atoms with van der Waals surface area (Å²) < 4.78 is 2.04. The lowest BCUT2D eigenvalue weighted by Gasteiger charge is -2.36. The maximum atomic E-state index is 12.0. The van der Waals surface area contributed by atoms with Crippen LogP contribution in [0.3, 0.4) is 0 Å². The lowest BCUT2D eigenvalue weighted by Crippen LogP contribution is -2.34. The normalized spacial score (nSPS) is 18.5. The predicted octanol–water partition coefficient (Wildman–Crippen LogP) is 2.82. The largest absolute Gasteiger partial charge is 0.354 e. The van der Waals surface area contributed by atoms with Gasteiger partial charge in [-0.05, 0) is 55.6 Å². The molecule has 0 bridgehead atoms. The fraction of sp³-hybridized carbons (Fsp3) is 0.474. The third-order valence-electron chi connectivity index (χ3n) is 5.10. The Hall–Kier alpha value is -2.14. The maximum Gasteiger partial charge on any atom is 0.267 e. The maximum absolute atomic E-state index is 12.0. The molecule has 1 saturated heterocycles. The van der Waals surface area contributed by atoms with E-state index in [9.17, 15) is 4.79 Å². The number of likely N-dealkylation sites (tertiary alicyclic amines) is 1. The summed E-state index contributed by atoms with van der Waals surface area (Å²) in [5, 5.41) is 2.72. The minimum absolute atomic E-state index is 0.0331. The van der Waals surface area contributed by atoms with Crippen LogP contribution in [0.5, 0.6) is 0 Å². The Kier molecular flexibility index (Phi) is 5.00. The molecule has 0 radical (unpaired) electrons. The van der Waals surface area contributed by atoms with E-state index in [1.165, 1.54) is 29.7 Å². The van der Waals surface area contributed by atoms with E-state index in [0.717, 1.165) is 25.2 Å². The van der Waals surface area contributed by atoms with Gasteiger partial charge in [-0.25, -0.2) is 0 Å². The average Bonchev–Trinajstić information content (AvgIpc) is 2.98. The number of aromatic nitrogens is 2. The zero-order valence-corrected chi connectivity index (χ0v) is 14.7. The van der Waals surface area contributed by atoms with Crippen molar-refractivity contribution in [3.63, 3.8) is 0 Å². The average molecular weight is 326 g/mol. The van der Waals surface area contributed by atoms with Crippen LogP contribution in [0.4, 0.5) is 0 Å². The van der Waals surface area contributed by atoms with Crippen molar-refractivity contribution < 1.29 is 4.79 Å². The standard InChI is InChI=1S/C19H26N4O/c1-14-9-10-21-12-15(14)13-23-11-5-4-6-17(23)16-7-8-18(22(16)3)19(24)20-2/h7-10,12,17H,4-6,11,13H2,1-3H3,(H,20,24). The molecule has 1 aliphatic heterocycles. The number of rotatable bonds is 4. The highest BCUT2D eigenvalue weighted by Crippen LogP contribution is 2.33. The highest BCUT2D eigenvalue weighted by molar-refractivity contribution is 5.92. The van der Waals surface area contributed by atoms with Gasteiger partial charge in [-0.15, -0.1) is 0 Å². The number of carbonyl (C=O) groups excluding carboxylic acids is 1. The Bertz CT molecular complexity index is 722. The Morgan fingerprint density at radius 2 is 2.17 bits per heavy atom. The molecule has 24 heavy (non-hydrogen) atoms. The van der Waals surface area contributed by atoms with Crippen LogP contribution in [0.1, 0.15) is 52.6 Å². The van der Waals surface area contributed by atoms with Crippen LogP contribution in [0, 0.1) is 6.92 Å². The number of pyridine rings is 1. The fourth-order valence-electron chi connectivity index (χ4n) is 3.61. The smallest absolute Gasteiger partial charge is 0.267 e. The Morgan fingerprint density at radius 3 is 2.92 bits per heavy atom. The van der Waals surface area contributed by atoms with Crippen molar-refractivity contribution in [2.24, 2.45) is 7.05 Å². The van der Waals surface area contributed by atoms with Gasteiger partial charge in [-0.2, -0.15) is 0 Å². The summed E-state index contributed by atoms with van der Waals surface area (Å²) in [6.45, 7) is 4.13. The minimum Gasteiger partial charge on any atom is -0.354 e. The van der Waals surface area contributed by atoms with Gasteiger partial charge in [0.1, 0.15) is 5.69 Å². The first-order valence-corrected chi connectivity index (χ1v) is 8.63. The van der Waals surface area contributed by atoms with Crippen LogP contribution in [0.25, 0.3) is 0 Å². The summed E-state index contributed by atoms with van der Waals surface area (Å²) in [5.74, 6) is -0.0331. The van der Waals surface area contributed by atoms with Gasteiger partial charge in [-0.1, -0.05) is 6.42 Å². The second-order valence-corrected chi connectivity index (χ2v) is 6.57. The molecule has 0 spiro atoms. The number of piperidine rings is 1. The first kappa shape index (κ1) is 16.7. The minimum atomic E-state index is -0.0331. The first-order chi connectivity index (χ1) is 11.6. The lowest BCUT2D eigenvalue weighted by atomic mass is 9.98. The highest BCUT2D eigenvalue weighted by atomic mass is 16.1. The summed E-state index contributed by atoms with van der Waals surface area (Å²) in [7, 11) is 3.66. The van der Waals surface area contributed by atoms with Gasteiger partial charge in [0.15, 0.2) is 0 Å². The molecule has 1 fully saturated rings. The van der Waals surface area contributed by atoms with Gasteiger partial charge in [0, 0.05) is 38.7 Å². The van der Waals surface area contributed by atoms with Gasteiger partial charge >= 0.3 is 0 Å². The number of nitrogens with one attached hydrogen (secondary N) is 1. The van der Waals surface area contributed by atoms with Crippen molar-refractivity contribution in [2.75, 3.05) is 13.6 Å².